The van der Waals surface area contributed by atoms with Gasteiger partial charge in [-0.2, -0.15) is 0 Å². The summed E-state index contributed by atoms with van der Waals surface area (Å²) < 4.78 is 12.9. The zero-order chi connectivity index (χ0) is 31.7. The molecule has 2 aliphatic heterocycles. The van der Waals surface area contributed by atoms with Gasteiger partial charge in [-0.05, 0) is 82.7 Å². The molecule has 48 heavy (non-hydrogen) atoms. The summed E-state index contributed by atoms with van der Waals surface area (Å²) in [6, 6.07) is 49.3. The van der Waals surface area contributed by atoms with Crippen molar-refractivity contribution in [3.8, 4) is 56.6 Å². The smallest absolute Gasteiger partial charge is 0.239 e. The minimum absolute atomic E-state index is 0. The third-order valence-corrected chi connectivity index (χ3v) is 8.70. The van der Waals surface area contributed by atoms with Crippen molar-refractivity contribution in [2.45, 2.75) is 13.8 Å². The summed E-state index contributed by atoms with van der Waals surface area (Å²) in [5.41, 5.74) is 11.9. The number of aryl methyl sites for hydroxylation is 2. The van der Waals surface area contributed by atoms with Gasteiger partial charge in [0.05, 0.1) is 0 Å². The van der Waals surface area contributed by atoms with Crippen molar-refractivity contribution in [2.24, 2.45) is 0 Å². The van der Waals surface area contributed by atoms with Crippen molar-refractivity contribution in [3.63, 3.8) is 0 Å². The van der Waals surface area contributed by atoms with Crippen molar-refractivity contribution < 1.29 is 29.6 Å². The maximum Gasteiger partial charge on any atom is 0.239 e. The predicted molar refractivity (Wildman–Crippen MR) is 190 cm³/mol. The monoisotopic (exact) mass is 797 g/mol. The van der Waals surface area contributed by atoms with Crippen LogP contribution in [0.2, 0.25) is 0 Å². The molecule has 0 N–H and O–H groups in total. The summed E-state index contributed by atoms with van der Waals surface area (Å²) in [4.78, 5) is 8.97. The maximum atomic E-state index is 6.57. The first-order valence-corrected chi connectivity index (χ1v) is 15.7. The Bertz CT molecular complexity index is 2170. The first-order valence-electron chi connectivity index (χ1n) is 15.7. The van der Waals surface area contributed by atoms with Gasteiger partial charge in [0, 0.05) is 44.0 Å². The van der Waals surface area contributed by atoms with Gasteiger partial charge in [0.1, 0.15) is 11.5 Å². The van der Waals surface area contributed by atoms with Gasteiger partial charge >= 0.3 is 0 Å². The van der Waals surface area contributed by atoms with Gasteiger partial charge < -0.3 is 19.4 Å². The molecule has 5 aromatic carbocycles. The average Bonchev–Trinajstić information content (AvgIpc) is 3.13. The number of aromatic nitrogens is 2. The predicted octanol–water partition coefficient (Wildman–Crippen LogP) is 8.11. The molecule has 0 unspecified atom stereocenters. The first kappa shape index (κ1) is 31.3. The number of pyridine rings is 2. The fourth-order valence-electron chi connectivity index (χ4n) is 6.58. The second kappa shape index (κ2) is 13.4. The molecule has 2 aromatic heterocycles. The van der Waals surface area contributed by atoms with Gasteiger partial charge in [0.15, 0.2) is 0 Å². The van der Waals surface area contributed by atoms with Gasteiger partial charge in [0.2, 0.25) is 6.71 Å². The third-order valence-electron chi connectivity index (χ3n) is 8.70. The number of ether oxygens (including phenoxy) is 2. The molecular formula is C42H29BIrN2O2-2. The van der Waals surface area contributed by atoms with Crippen molar-refractivity contribution in [3.05, 3.63) is 163 Å². The molecule has 2 aliphatic rings. The Kier molecular flexibility index (Phi) is 8.77. The molecule has 1 radical (unpaired) electrons. The topological polar surface area (TPSA) is 44.2 Å². The molecule has 0 saturated carbocycles. The summed E-state index contributed by atoms with van der Waals surface area (Å²) in [5.74, 6) is 3.29. The van der Waals surface area contributed by atoms with Crippen LogP contribution in [0, 0.1) is 26.0 Å². The summed E-state index contributed by atoms with van der Waals surface area (Å²) in [7, 11) is 0. The van der Waals surface area contributed by atoms with E-state index in [1.807, 2.05) is 79.0 Å². The van der Waals surface area contributed by atoms with E-state index in [2.05, 4.69) is 85.6 Å². The molecule has 0 saturated heterocycles. The van der Waals surface area contributed by atoms with E-state index in [4.69, 9.17) is 14.5 Å². The molecule has 0 amide bonds. The Hall–Kier alpha value is -5.29. The number of hydrogen-bond donors (Lipinski definition) is 0. The third kappa shape index (κ3) is 5.75. The normalized spacial score (nSPS) is 11.7. The van der Waals surface area contributed by atoms with E-state index < -0.39 is 0 Å². The second-order valence-corrected chi connectivity index (χ2v) is 11.7. The number of para-hydroxylation sites is 2. The number of hydrogen-bond acceptors (Lipinski definition) is 4. The zero-order valence-electron chi connectivity index (χ0n) is 26.4. The van der Waals surface area contributed by atoms with Gasteiger partial charge in [-0.3, -0.25) is 0 Å². The van der Waals surface area contributed by atoms with Gasteiger partial charge in [-0.1, -0.05) is 83.8 Å². The SMILES string of the molecule is Cc1cccc(C)c1-c1ccnc(-c2[c-]cc3c4c2Oc2ccccc2B4c2ccccc2O3)c1.[Ir].[c-]1ccccc1-c1ccccn1. The molecule has 0 atom stereocenters. The fraction of sp³-hybridized carbons (Fsp3) is 0.0476. The van der Waals surface area contributed by atoms with E-state index in [0.717, 1.165) is 67.5 Å². The molecule has 233 valence electrons. The Morgan fingerprint density at radius 3 is 2.00 bits per heavy atom. The molecule has 9 rings (SSSR count). The Morgan fingerprint density at radius 2 is 1.29 bits per heavy atom. The summed E-state index contributed by atoms with van der Waals surface area (Å²) >= 11 is 0. The summed E-state index contributed by atoms with van der Waals surface area (Å²) in [6.07, 6.45) is 3.66. The largest absolute Gasteiger partial charge is 0.503 e. The van der Waals surface area contributed by atoms with Crippen molar-refractivity contribution >= 4 is 23.1 Å². The van der Waals surface area contributed by atoms with Crippen LogP contribution in [0.5, 0.6) is 23.0 Å². The minimum Gasteiger partial charge on any atom is -0.503 e. The molecule has 0 aliphatic carbocycles. The number of nitrogens with zero attached hydrogens (tertiary/aromatic N) is 2. The second-order valence-electron chi connectivity index (χ2n) is 11.7. The van der Waals surface area contributed by atoms with Crippen LogP contribution in [0.4, 0.5) is 0 Å². The minimum atomic E-state index is 0. The fourth-order valence-corrected chi connectivity index (χ4v) is 6.58. The van der Waals surface area contributed by atoms with Crippen LogP contribution < -0.4 is 25.9 Å². The van der Waals surface area contributed by atoms with E-state index >= 15 is 0 Å². The van der Waals surface area contributed by atoms with Crippen molar-refractivity contribution in [2.75, 3.05) is 0 Å². The number of benzene rings is 5. The van der Waals surface area contributed by atoms with Crippen LogP contribution in [0.25, 0.3) is 33.6 Å². The van der Waals surface area contributed by atoms with Crippen LogP contribution >= 0.6 is 0 Å². The van der Waals surface area contributed by atoms with E-state index in [1.54, 1.807) is 6.20 Å². The van der Waals surface area contributed by atoms with Crippen LogP contribution in [0.3, 0.4) is 0 Å². The van der Waals surface area contributed by atoms with Crippen LogP contribution in [-0.2, 0) is 20.1 Å². The first-order chi connectivity index (χ1) is 23.2. The molecule has 0 fully saturated rings. The molecule has 4 nitrogen and oxygen atoms in total. The van der Waals surface area contributed by atoms with Gasteiger partial charge in [0.25, 0.3) is 0 Å². The van der Waals surface area contributed by atoms with Crippen LogP contribution in [0.1, 0.15) is 11.1 Å². The summed E-state index contributed by atoms with van der Waals surface area (Å²) in [6.45, 7) is 4.33. The summed E-state index contributed by atoms with van der Waals surface area (Å²) in [5, 5.41) is 0. The average molecular weight is 797 g/mol. The van der Waals surface area contributed by atoms with E-state index in [0.29, 0.717) is 0 Å². The van der Waals surface area contributed by atoms with Crippen LogP contribution in [0.15, 0.2) is 140 Å². The van der Waals surface area contributed by atoms with E-state index in [9.17, 15) is 0 Å². The van der Waals surface area contributed by atoms with E-state index in [1.165, 1.54) is 16.7 Å². The molecule has 0 spiro atoms. The number of fused-ring (bicyclic) bond motifs is 4. The molecule has 6 heteroatoms. The standard InChI is InChI=1S/C31H21BNO2.C11H8N.Ir/c1-19-8-7-9-20(2)29(19)21-16-17-33-25(18-21)22-14-15-28-30-31(22)35-27-13-6-4-11-24(27)32(30)23-10-3-5-12-26(23)34-28;1-2-6-10(7-3-1)11-8-4-5-9-12-11;/h3-13,15-18H,1-2H3;1-6,8-9H;/q2*-1;. The zero-order valence-corrected chi connectivity index (χ0v) is 28.8. The van der Waals surface area contributed by atoms with E-state index in [-0.39, 0.29) is 26.8 Å². The van der Waals surface area contributed by atoms with Gasteiger partial charge in [-0.15, -0.1) is 48.0 Å². The Balaban J connectivity index is 0.000000237. The quantitative estimate of drug-likeness (QED) is 0.134. The Labute approximate surface area is 294 Å². The maximum absolute atomic E-state index is 6.57. The van der Waals surface area contributed by atoms with Crippen LogP contribution in [-0.4, -0.2) is 16.7 Å². The molecule has 4 heterocycles. The molecular weight excluding hydrogens is 768 g/mol. The Morgan fingerprint density at radius 1 is 0.604 bits per heavy atom. The van der Waals surface area contributed by atoms with Crippen molar-refractivity contribution in [1.29, 1.82) is 0 Å². The molecule has 7 aromatic rings. The van der Waals surface area contributed by atoms with Gasteiger partial charge in [-0.25, -0.2) is 0 Å². The number of rotatable bonds is 3. The molecule has 0 bridgehead atoms. The van der Waals surface area contributed by atoms with Crippen molar-refractivity contribution in [1.82, 2.24) is 9.97 Å².